The third kappa shape index (κ3) is 3.84. The van der Waals surface area contributed by atoms with Crippen LogP contribution in [0.4, 0.5) is 13.2 Å². The molecule has 1 aromatic carbocycles. The monoisotopic (exact) mass is 292 g/mol. The van der Waals surface area contributed by atoms with Crippen LogP contribution in [-0.2, 0) is 12.7 Å². The lowest BCUT2D eigenvalue weighted by Crippen LogP contribution is -2.23. The van der Waals surface area contributed by atoms with E-state index in [-0.39, 0.29) is 5.02 Å². The second kappa shape index (κ2) is 5.69. The summed E-state index contributed by atoms with van der Waals surface area (Å²) < 4.78 is 38.1. The summed E-state index contributed by atoms with van der Waals surface area (Å²) in [6.45, 7) is 2.82. The van der Waals surface area contributed by atoms with Crippen molar-refractivity contribution in [1.29, 1.82) is 0 Å². The molecule has 1 atom stereocenters. The van der Waals surface area contributed by atoms with Crippen molar-refractivity contribution >= 4 is 11.6 Å². The second-order valence-corrected chi connectivity index (χ2v) is 5.41. The molecule has 2 nitrogen and oxygen atoms in total. The maximum Gasteiger partial charge on any atom is 0.416 e. The smallest absolute Gasteiger partial charge is 0.330 e. The molecular formula is C13H16ClF3N2. The van der Waals surface area contributed by atoms with Gasteiger partial charge in [0.15, 0.2) is 0 Å². The standard InChI is InChI=1S/C13H16ClF3N2/c14-12-4-10(3-11(5-12)13(15,16)17)8-19-2-1-9(6-18)7-19/h3-5,9H,1-2,6-8,18H2. The van der Waals surface area contributed by atoms with Crippen molar-refractivity contribution in [2.45, 2.75) is 19.1 Å². The molecule has 1 heterocycles. The third-order valence-corrected chi connectivity index (χ3v) is 3.61. The SMILES string of the molecule is NCC1CCN(Cc2cc(Cl)cc(C(F)(F)F)c2)C1. The summed E-state index contributed by atoms with van der Waals surface area (Å²) in [7, 11) is 0. The zero-order valence-corrected chi connectivity index (χ0v) is 11.1. The lowest BCUT2D eigenvalue weighted by atomic mass is 10.1. The van der Waals surface area contributed by atoms with Gasteiger partial charge in [-0.3, -0.25) is 4.90 Å². The average Bonchev–Trinajstić information content (AvgIpc) is 2.75. The van der Waals surface area contributed by atoms with E-state index >= 15 is 0 Å². The first kappa shape index (κ1) is 14.6. The van der Waals surface area contributed by atoms with Gasteiger partial charge in [0.25, 0.3) is 0 Å². The highest BCUT2D eigenvalue weighted by Crippen LogP contribution is 2.32. The molecule has 2 rings (SSSR count). The summed E-state index contributed by atoms with van der Waals surface area (Å²) in [6.07, 6.45) is -3.35. The zero-order chi connectivity index (χ0) is 14.0. The summed E-state index contributed by atoms with van der Waals surface area (Å²) in [5.41, 5.74) is 5.50. The van der Waals surface area contributed by atoms with Crippen molar-refractivity contribution in [2.75, 3.05) is 19.6 Å². The maximum atomic E-state index is 12.7. The van der Waals surface area contributed by atoms with Gasteiger partial charge in [0.2, 0.25) is 0 Å². The number of nitrogens with zero attached hydrogens (tertiary/aromatic N) is 1. The third-order valence-electron chi connectivity index (χ3n) is 3.39. The van der Waals surface area contributed by atoms with Gasteiger partial charge < -0.3 is 5.73 Å². The van der Waals surface area contributed by atoms with E-state index in [0.29, 0.717) is 24.6 Å². The molecule has 0 bridgehead atoms. The first-order chi connectivity index (χ1) is 8.88. The Hall–Kier alpha value is -0.780. The number of alkyl halides is 3. The van der Waals surface area contributed by atoms with E-state index in [2.05, 4.69) is 4.90 Å². The molecule has 0 radical (unpaired) electrons. The minimum atomic E-state index is -4.36. The van der Waals surface area contributed by atoms with Crippen molar-refractivity contribution in [3.8, 4) is 0 Å². The second-order valence-electron chi connectivity index (χ2n) is 4.97. The van der Waals surface area contributed by atoms with Crippen molar-refractivity contribution in [1.82, 2.24) is 4.90 Å². The molecule has 1 aliphatic rings. The molecule has 106 valence electrons. The summed E-state index contributed by atoms with van der Waals surface area (Å²) >= 11 is 5.76. The van der Waals surface area contributed by atoms with Crippen LogP contribution in [0, 0.1) is 5.92 Å². The summed E-state index contributed by atoms with van der Waals surface area (Å²) in [4.78, 5) is 2.11. The van der Waals surface area contributed by atoms with Gasteiger partial charge in [0, 0.05) is 18.1 Å². The van der Waals surface area contributed by atoms with Crippen LogP contribution in [-0.4, -0.2) is 24.5 Å². The Morgan fingerprint density at radius 2 is 2.05 bits per heavy atom. The average molecular weight is 293 g/mol. The molecule has 1 fully saturated rings. The Morgan fingerprint density at radius 3 is 2.63 bits per heavy atom. The van der Waals surface area contributed by atoms with Crippen molar-refractivity contribution in [3.05, 3.63) is 34.3 Å². The van der Waals surface area contributed by atoms with E-state index in [0.717, 1.165) is 25.6 Å². The number of benzene rings is 1. The van der Waals surface area contributed by atoms with Gasteiger partial charge in [0.1, 0.15) is 0 Å². The predicted molar refractivity (Wildman–Crippen MR) is 68.9 cm³/mol. The largest absolute Gasteiger partial charge is 0.416 e. The Labute approximate surface area is 115 Å². The van der Waals surface area contributed by atoms with Gasteiger partial charge in [0.05, 0.1) is 5.56 Å². The lowest BCUT2D eigenvalue weighted by molar-refractivity contribution is -0.137. The minimum absolute atomic E-state index is 0.124. The van der Waals surface area contributed by atoms with Crippen LogP contribution in [0.1, 0.15) is 17.5 Å². The van der Waals surface area contributed by atoms with Crippen LogP contribution in [0.3, 0.4) is 0 Å². The zero-order valence-electron chi connectivity index (χ0n) is 10.4. The van der Waals surface area contributed by atoms with E-state index in [1.165, 1.54) is 6.07 Å². The van der Waals surface area contributed by atoms with Gasteiger partial charge in [-0.1, -0.05) is 11.6 Å². The summed E-state index contributed by atoms with van der Waals surface area (Å²) in [5, 5.41) is 0.124. The topological polar surface area (TPSA) is 29.3 Å². The summed E-state index contributed by atoms with van der Waals surface area (Å²) in [5.74, 6) is 0.446. The maximum absolute atomic E-state index is 12.7. The molecule has 2 N–H and O–H groups in total. The van der Waals surface area contributed by atoms with Crippen LogP contribution in [0.5, 0.6) is 0 Å². The van der Waals surface area contributed by atoms with Crippen LogP contribution < -0.4 is 5.73 Å². The molecule has 19 heavy (non-hydrogen) atoms. The highest BCUT2D eigenvalue weighted by atomic mass is 35.5. The molecule has 1 unspecified atom stereocenters. The van der Waals surface area contributed by atoms with E-state index in [1.807, 2.05) is 0 Å². The van der Waals surface area contributed by atoms with Crippen molar-refractivity contribution < 1.29 is 13.2 Å². The Morgan fingerprint density at radius 1 is 1.32 bits per heavy atom. The highest BCUT2D eigenvalue weighted by Gasteiger charge is 2.31. The van der Waals surface area contributed by atoms with E-state index < -0.39 is 11.7 Å². The quantitative estimate of drug-likeness (QED) is 0.927. The van der Waals surface area contributed by atoms with Crippen LogP contribution in [0.25, 0.3) is 0 Å². The van der Waals surface area contributed by atoms with Gasteiger partial charge in [-0.05, 0) is 49.2 Å². The fraction of sp³-hybridized carbons (Fsp3) is 0.538. The molecule has 0 spiro atoms. The Kier molecular flexibility index (Phi) is 4.38. The van der Waals surface area contributed by atoms with E-state index in [4.69, 9.17) is 17.3 Å². The number of rotatable bonds is 3. The van der Waals surface area contributed by atoms with Gasteiger partial charge in [-0.2, -0.15) is 13.2 Å². The summed E-state index contributed by atoms with van der Waals surface area (Å²) in [6, 6.07) is 3.71. The Balaban J connectivity index is 2.11. The van der Waals surface area contributed by atoms with Gasteiger partial charge >= 0.3 is 6.18 Å². The fourth-order valence-corrected chi connectivity index (χ4v) is 2.67. The predicted octanol–water partition coefficient (Wildman–Crippen LogP) is 3.14. The molecule has 0 saturated carbocycles. The highest BCUT2D eigenvalue weighted by molar-refractivity contribution is 6.30. The fourth-order valence-electron chi connectivity index (χ4n) is 2.41. The van der Waals surface area contributed by atoms with E-state index in [9.17, 15) is 13.2 Å². The molecule has 1 aromatic rings. The van der Waals surface area contributed by atoms with Crippen molar-refractivity contribution in [3.63, 3.8) is 0 Å². The number of hydrogen-bond acceptors (Lipinski definition) is 2. The number of hydrogen-bond donors (Lipinski definition) is 1. The number of likely N-dealkylation sites (tertiary alicyclic amines) is 1. The van der Waals surface area contributed by atoms with Crippen LogP contribution in [0.2, 0.25) is 5.02 Å². The van der Waals surface area contributed by atoms with Crippen LogP contribution >= 0.6 is 11.6 Å². The molecule has 0 aromatic heterocycles. The normalized spacial score (nSPS) is 21.0. The number of halogens is 4. The first-order valence-corrected chi connectivity index (χ1v) is 6.55. The van der Waals surface area contributed by atoms with Gasteiger partial charge in [-0.15, -0.1) is 0 Å². The molecular weight excluding hydrogens is 277 g/mol. The molecule has 0 amide bonds. The molecule has 1 aliphatic heterocycles. The minimum Gasteiger partial charge on any atom is -0.330 e. The van der Waals surface area contributed by atoms with Crippen LogP contribution in [0.15, 0.2) is 18.2 Å². The molecule has 0 aliphatic carbocycles. The molecule has 6 heteroatoms. The van der Waals surface area contributed by atoms with Gasteiger partial charge in [-0.25, -0.2) is 0 Å². The Bertz CT molecular complexity index is 448. The van der Waals surface area contributed by atoms with E-state index in [1.54, 1.807) is 6.07 Å². The number of nitrogens with two attached hydrogens (primary N) is 1. The lowest BCUT2D eigenvalue weighted by Gasteiger charge is -2.17. The molecule has 1 saturated heterocycles. The first-order valence-electron chi connectivity index (χ1n) is 6.17. The van der Waals surface area contributed by atoms with Crippen molar-refractivity contribution in [2.24, 2.45) is 11.7 Å².